The van der Waals surface area contributed by atoms with Crippen molar-refractivity contribution < 1.29 is 4.42 Å². The van der Waals surface area contributed by atoms with Crippen LogP contribution in [0, 0.1) is 12.8 Å². The minimum atomic E-state index is 0.0191. The number of nitrogens with zero attached hydrogens (tertiary/aromatic N) is 3. The average Bonchev–Trinajstić information content (AvgIpc) is 3.13. The summed E-state index contributed by atoms with van der Waals surface area (Å²) in [6.45, 7) is 6.91. The molecule has 0 amide bonds. The van der Waals surface area contributed by atoms with Crippen LogP contribution in [-0.4, -0.2) is 14.5 Å². The molecule has 2 heterocycles. The zero-order valence-electron chi connectivity index (χ0n) is 17.5. The standard InChI is InChI=1S/C24H25N3O2S/c1-16(2)13-14-27-23(28)19-11-7-8-12-20(19)26-24(27)30-15-21-17(3)29-22(25-21)18-9-5-4-6-10-18/h4-12,16H,13-15H2,1-3H3. The van der Waals surface area contributed by atoms with Crippen molar-refractivity contribution in [1.29, 1.82) is 0 Å². The Morgan fingerprint density at radius 1 is 1.03 bits per heavy atom. The molecule has 0 fully saturated rings. The summed E-state index contributed by atoms with van der Waals surface area (Å²) in [5.41, 5.74) is 2.57. The normalized spacial score (nSPS) is 11.5. The van der Waals surface area contributed by atoms with Gasteiger partial charge in [0, 0.05) is 17.9 Å². The van der Waals surface area contributed by atoms with Crippen LogP contribution in [0.15, 0.2) is 69.0 Å². The van der Waals surface area contributed by atoms with E-state index in [0.717, 1.165) is 34.1 Å². The second-order valence-electron chi connectivity index (χ2n) is 7.73. The van der Waals surface area contributed by atoms with E-state index in [4.69, 9.17) is 9.40 Å². The molecule has 30 heavy (non-hydrogen) atoms. The van der Waals surface area contributed by atoms with Gasteiger partial charge in [0.1, 0.15) is 5.76 Å². The number of aromatic nitrogens is 3. The second kappa shape index (κ2) is 8.88. The number of oxazole rings is 1. The van der Waals surface area contributed by atoms with Crippen molar-refractivity contribution in [2.75, 3.05) is 0 Å². The first-order chi connectivity index (χ1) is 14.5. The van der Waals surface area contributed by atoms with Gasteiger partial charge in [0.05, 0.1) is 16.6 Å². The number of para-hydroxylation sites is 1. The number of benzene rings is 2. The first-order valence-corrected chi connectivity index (χ1v) is 11.2. The van der Waals surface area contributed by atoms with Crippen LogP contribution in [0.1, 0.15) is 31.7 Å². The first-order valence-electron chi connectivity index (χ1n) is 10.2. The average molecular weight is 420 g/mol. The summed E-state index contributed by atoms with van der Waals surface area (Å²) >= 11 is 1.53. The highest BCUT2D eigenvalue weighted by Crippen LogP contribution is 2.27. The largest absolute Gasteiger partial charge is 0.441 e. The summed E-state index contributed by atoms with van der Waals surface area (Å²) in [6.07, 6.45) is 0.925. The van der Waals surface area contributed by atoms with Gasteiger partial charge in [-0.2, -0.15) is 0 Å². The Kier molecular flexibility index (Phi) is 6.04. The molecule has 154 valence electrons. The molecule has 0 spiro atoms. The van der Waals surface area contributed by atoms with Crippen molar-refractivity contribution in [3.63, 3.8) is 0 Å². The molecule has 0 aliphatic heterocycles. The lowest BCUT2D eigenvalue weighted by molar-refractivity contribution is 0.481. The molecule has 0 bridgehead atoms. The van der Waals surface area contributed by atoms with Gasteiger partial charge in [-0.25, -0.2) is 9.97 Å². The molecule has 0 aliphatic carbocycles. The number of thioether (sulfide) groups is 1. The summed E-state index contributed by atoms with van der Waals surface area (Å²) in [5.74, 6) is 2.51. The highest BCUT2D eigenvalue weighted by molar-refractivity contribution is 7.98. The lowest BCUT2D eigenvalue weighted by atomic mass is 10.1. The zero-order chi connectivity index (χ0) is 21.1. The monoisotopic (exact) mass is 419 g/mol. The topological polar surface area (TPSA) is 60.9 Å². The van der Waals surface area contributed by atoms with E-state index in [-0.39, 0.29) is 5.56 Å². The van der Waals surface area contributed by atoms with Gasteiger partial charge in [-0.05, 0) is 43.5 Å². The van der Waals surface area contributed by atoms with E-state index < -0.39 is 0 Å². The molecule has 2 aromatic heterocycles. The number of fused-ring (bicyclic) bond motifs is 1. The third-order valence-electron chi connectivity index (χ3n) is 5.01. The number of hydrogen-bond donors (Lipinski definition) is 0. The summed E-state index contributed by atoms with van der Waals surface area (Å²) in [5, 5.41) is 1.39. The maximum Gasteiger partial charge on any atom is 0.262 e. The fraction of sp³-hybridized carbons (Fsp3) is 0.292. The fourth-order valence-electron chi connectivity index (χ4n) is 3.24. The van der Waals surface area contributed by atoms with Crippen LogP contribution in [0.4, 0.5) is 0 Å². The smallest absolute Gasteiger partial charge is 0.262 e. The first kappa shape index (κ1) is 20.4. The lowest BCUT2D eigenvalue weighted by Crippen LogP contribution is -2.24. The highest BCUT2D eigenvalue weighted by atomic mass is 32.2. The molecule has 6 heteroatoms. The molecule has 4 rings (SSSR count). The Bertz CT molecular complexity index is 1210. The Morgan fingerprint density at radius 2 is 1.77 bits per heavy atom. The highest BCUT2D eigenvalue weighted by Gasteiger charge is 2.15. The van der Waals surface area contributed by atoms with Gasteiger partial charge in [-0.3, -0.25) is 9.36 Å². The van der Waals surface area contributed by atoms with Crippen LogP contribution < -0.4 is 5.56 Å². The van der Waals surface area contributed by atoms with Crippen molar-refractivity contribution in [3.8, 4) is 11.5 Å². The maximum atomic E-state index is 13.1. The van der Waals surface area contributed by atoms with Crippen molar-refractivity contribution >= 4 is 22.7 Å². The molecule has 0 atom stereocenters. The van der Waals surface area contributed by atoms with E-state index in [1.807, 2.05) is 61.5 Å². The third kappa shape index (κ3) is 4.33. The number of rotatable bonds is 7. The lowest BCUT2D eigenvalue weighted by Gasteiger charge is -2.14. The summed E-state index contributed by atoms with van der Waals surface area (Å²) in [7, 11) is 0. The number of aryl methyl sites for hydroxylation is 1. The summed E-state index contributed by atoms with van der Waals surface area (Å²) < 4.78 is 7.68. The molecule has 5 nitrogen and oxygen atoms in total. The van der Waals surface area contributed by atoms with Crippen molar-refractivity contribution in [3.05, 3.63) is 76.4 Å². The van der Waals surface area contributed by atoms with E-state index in [1.165, 1.54) is 11.8 Å². The van der Waals surface area contributed by atoms with Gasteiger partial charge in [0.25, 0.3) is 5.56 Å². The molecule has 0 N–H and O–H groups in total. The van der Waals surface area contributed by atoms with Crippen LogP contribution in [0.25, 0.3) is 22.4 Å². The number of hydrogen-bond acceptors (Lipinski definition) is 5. The maximum absolute atomic E-state index is 13.1. The SMILES string of the molecule is Cc1oc(-c2ccccc2)nc1CSc1nc2ccccc2c(=O)n1CCC(C)C. The third-order valence-corrected chi connectivity index (χ3v) is 6.00. The minimum absolute atomic E-state index is 0.0191. The Hall–Kier alpha value is -2.86. The predicted molar refractivity (Wildman–Crippen MR) is 122 cm³/mol. The van der Waals surface area contributed by atoms with Gasteiger partial charge < -0.3 is 4.42 Å². The summed E-state index contributed by atoms with van der Waals surface area (Å²) in [6, 6.07) is 17.4. The van der Waals surface area contributed by atoms with Gasteiger partial charge in [0.15, 0.2) is 5.16 Å². The van der Waals surface area contributed by atoms with E-state index in [2.05, 4.69) is 18.8 Å². The van der Waals surface area contributed by atoms with Crippen molar-refractivity contribution in [2.24, 2.45) is 5.92 Å². The van der Waals surface area contributed by atoms with Crippen molar-refractivity contribution in [2.45, 2.75) is 44.6 Å². The van der Waals surface area contributed by atoms with E-state index in [1.54, 1.807) is 4.57 Å². The van der Waals surface area contributed by atoms with Gasteiger partial charge in [-0.1, -0.05) is 55.9 Å². The van der Waals surface area contributed by atoms with Gasteiger partial charge in [-0.15, -0.1) is 0 Å². The molecule has 0 aliphatic rings. The summed E-state index contributed by atoms with van der Waals surface area (Å²) in [4.78, 5) is 22.6. The molecule has 4 aromatic rings. The molecule has 2 aromatic carbocycles. The second-order valence-corrected chi connectivity index (χ2v) is 8.67. The van der Waals surface area contributed by atoms with Crippen LogP contribution in [0.2, 0.25) is 0 Å². The molecular formula is C24H25N3O2S. The fourth-order valence-corrected chi connectivity index (χ4v) is 4.27. The Labute approximate surface area is 180 Å². The Morgan fingerprint density at radius 3 is 2.53 bits per heavy atom. The molecule has 0 saturated carbocycles. The molecular weight excluding hydrogens is 394 g/mol. The van der Waals surface area contributed by atoms with Crippen LogP contribution in [0.5, 0.6) is 0 Å². The van der Waals surface area contributed by atoms with E-state index in [9.17, 15) is 4.79 Å². The van der Waals surface area contributed by atoms with Gasteiger partial charge >= 0.3 is 0 Å². The minimum Gasteiger partial charge on any atom is -0.441 e. The molecule has 0 saturated heterocycles. The van der Waals surface area contributed by atoms with E-state index in [0.29, 0.717) is 29.5 Å². The predicted octanol–water partition coefficient (Wildman–Crippen LogP) is 5.70. The van der Waals surface area contributed by atoms with Gasteiger partial charge in [0.2, 0.25) is 5.89 Å². The zero-order valence-corrected chi connectivity index (χ0v) is 18.3. The van der Waals surface area contributed by atoms with E-state index >= 15 is 0 Å². The van der Waals surface area contributed by atoms with Crippen LogP contribution in [0.3, 0.4) is 0 Å². The molecule has 0 radical (unpaired) electrons. The van der Waals surface area contributed by atoms with Crippen molar-refractivity contribution in [1.82, 2.24) is 14.5 Å². The molecule has 0 unspecified atom stereocenters. The quantitative estimate of drug-likeness (QED) is 0.284. The Balaban J connectivity index is 1.64. The van der Waals surface area contributed by atoms with Crippen LogP contribution >= 0.6 is 11.8 Å². The van der Waals surface area contributed by atoms with Crippen LogP contribution in [-0.2, 0) is 12.3 Å².